The Bertz CT molecular complexity index is 646. The predicted octanol–water partition coefficient (Wildman–Crippen LogP) is 0.641. The van der Waals surface area contributed by atoms with E-state index in [0.29, 0.717) is 37.3 Å². The van der Waals surface area contributed by atoms with Crippen LogP contribution in [0.3, 0.4) is 0 Å². The molecule has 114 valence electrons. The van der Waals surface area contributed by atoms with Crippen LogP contribution in [0.2, 0.25) is 0 Å². The van der Waals surface area contributed by atoms with E-state index >= 15 is 0 Å². The van der Waals surface area contributed by atoms with Crippen LogP contribution in [0.4, 0.5) is 5.69 Å². The van der Waals surface area contributed by atoms with Gasteiger partial charge in [0.1, 0.15) is 5.70 Å². The molecule has 0 aromatic heterocycles. The molecule has 22 heavy (non-hydrogen) atoms. The fraction of sp³-hybridized carbons (Fsp3) is 0.312. The molecule has 0 radical (unpaired) electrons. The Morgan fingerprint density at radius 1 is 1.09 bits per heavy atom. The molecule has 0 atom stereocenters. The van der Waals surface area contributed by atoms with Gasteiger partial charge in [0.25, 0.3) is 11.8 Å². The first kappa shape index (κ1) is 14.3. The van der Waals surface area contributed by atoms with Crippen LogP contribution in [-0.2, 0) is 14.4 Å². The molecule has 0 unspecified atom stereocenters. The molecule has 1 saturated heterocycles. The van der Waals surface area contributed by atoms with Crippen molar-refractivity contribution in [1.82, 2.24) is 4.90 Å². The van der Waals surface area contributed by atoms with E-state index in [2.05, 4.69) is 0 Å². The van der Waals surface area contributed by atoms with E-state index in [1.54, 1.807) is 24.3 Å². The summed E-state index contributed by atoms with van der Waals surface area (Å²) < 4.78 is 0. The lowest BCUT2D eigenvalue weighted by Crippen LogP contribution is -2.41. The van der Waals surface area contributed by atoms with Gasteiger partial charge in [-0.3, -0.25) is 14.4 Å². The van der Waals surface area contributed by atoms with Crippen molar-refractivity contribution in [3.63, 3.8) is 0 Å². The van der Waals surface area contributed by atoms with Gasteiger partial charge in [-0.25, -0.2) is 4.90 Å². The SMILES string of the molecule is NC(=O)C1CCN(C2=CC(=O)N(c3ccccc3)C2=O)CC1. The second kappa shape index (κ2) is 5.63. The van der Waals surface area contributed by atoms with Gasteiger partial charge in [-0.15, -0.1) is 0 Å². The topological polar surface area (TPSA) is 83.7 Å². The molecule has 2 N–H and O–H groups in total. The third kappa shape index (κ3) is 2.47. The summed E-state index contributed by atoms with van der Waals surface area (Å²) in [6.45, 7) is 1.11. The Morgan fingerprint density at radius 2 is 1.73 bits per heavy atom. The van der Waals surface area contributed by atoms with Crippen LogP contribution in [0.5, 0.6) is 0 Å². The molecule has 2 heterocycles. The van der Waals surface area contributed by atoms with Crippen LogP contribution in [0.15, 0.2) is 42.1 Å². The first-order chi connectivity index (χ1) is 10.6. The summed E-state index contributed by atoms with van der Waals surface area (Å²) >= 11 is 0. The van der Waals surface area contributed by atoms with Gasteiger partial charge in [-0.1, -0.05) is 18.2 Å². The van der Waals surface area contributed by atoms with Crippen LogP contribution >= 0.6 is 0 Å². The van der Waals surface area contributed by atoms with E-state index in [9.17, 15) is 14.4 Å². The molecule has 6 nitrogen and oxygen atoms in total. The van der Waals surface area contributed by atoms with Crippen molar-refractivity contribution in [3.8, 4) is 0 Å². The van der Waals surface area contributed by atoms with E-state index in [0.717, 1.165) is 0 Å². The Balaban J connectivity index is 1.74. The fourth-order valence-electron chi connectivity index (χ4n) is 2.91. The Kier molecular flexibility index (Phi) is 3.66. The Morgan fingerprint density at radius 3 is 2.32 bits per heavy atom. The summed E-state index contributed by atoms with van der Waals surface area (Å²) in [6, 6.07) is 8.85. The highest BCUT2D eigenvalue weighted by Crippen LogP contribution is 2.27. The summed E-state index contributed by atoms with van der Waals surface area (Å²) in [5, 5.41) is 0. The normalized spacial score (nSPS) is 19.5. The monoisotopic (exact) mass is 299 g/mol. The minimum atomic E-state index is -0.330. The zero-order valence-electron chi connectivity index (χ0n) is 12.1. The number of rotatable bonds is 3. The minimum absolute atomic E-state index is 0.144. The lowest BCUT2D eigenvalue weighted by molar-refractivity contribution is -0.123. The van der Waals surface area contributed by atoms with Gasteiger partial charge in [0.2, 0.25) is 5.91 Å². The lowest BCUT2D eigenvalue weighted by Gasteiger charge is -2.32. The number of piperidine rings is 1. The number of carbonyl (C=O) groups excluding carboxylic acids is 3. The Hall–Kier alpha value is -2.63. The molecule has 0 spiro atoms. The summed E-state index contributed by atoms with van der Waals surface area (Å²) in [6.07, 6.45) is 2.60. The molecule has 2 aliphatic heterocycles. The number of amides is 3. The van der Waals surface area contributed by atoms with Crippen LogP contribution in [0, 0.1) is 5.92 Å². The molecule has 1 aromatic rings. The van der Waals surface area contributed by atoms with Gasteiger partial charge in [-0.2, -0.15) is 0 Å². The standard InChI is InChI=1S/C16H17N3O3/c17-15(21)11-6-8-18(9-7-11)13-10-14(20)19(16(13)22)12-4-2-1-3-5-12/h1-5,10-11H,6-9H2,(H2,17,21). The van der Waals surface area contributed by atoms with E-state index < -0.39 is 0 Å². The van der Waals surface area contributed by atoms with Gasteiger partial charge in [-0.05, 0) is 25.0 Å². The number of likely N-dealkylation sites (tertiary alicyclic amines) is 1. The van der Waals surface area contributed by atoms with E-state index in [-0.39, 0.29) is 23.6 Å². The van der Waals surface area contributed by atoms with Crippen molar-refractivity contribution in [2.24, 2.45) is 11.7 Å². The maximum atomic E-state index is 12.5. The quantitative estimate of drug-likeness (QED) is 0.830. The zero-order valence-corrected chi connectivity index (χ0v) is 12.1. The van der Waals surface area contributed by atoms with Gasteiger partial charge in [0, 0.05) is 25.1 Å². The lowest BCUT2D eigenvalue weighted by atomic mass is 9.96. The first-order valence-electron chi connectivity index (χ1n) is 7.27. The van der Waals surface area contributed by atoms with Crippen LogP contribution in [0.25, 0.3) is 0 Å². The molecular formula is C16H17N3O3. The molecule has 6 heteroatoms. The van der Waals surface area contributed by atoms with Gasteiger partial charge < -0.3 is 10.6 Å². The van der Waals surface area contributed by atoms with E-state index in [1.165, 1.54) is 11.0 Å². The highest BCUT2D eigenvalue weighted by molar-refractivity contribution is 6.30. The maximum Gasteiger partial charge on any atom is 0.281 e. The van der Waals surface area contributed by atoms with Gasteiger partial charge in [0.05, 0.1) is 5.69 Å². The number of hydrogen-bond donors (Lipinski definition) is 1. The number of para-hydroxylation sites is 1. The van der Waals surface area contributed by atoms with Crippen molar-refractivity contribution in [3.05, 3.63) is 42.1 Å². The van der Waals surface area contributed by atoms with Gasteiger partial charge >= 0.3 is 0 Å². The molecule has 0 aliphatic carbocycles. The van der Waals surface area contributed by atoms with E-state index in [4.69, 9.17) is 5.73 Å². The molecular weight excluding hydrogens is 282 g/mol. The van der Waals surface area contributed by atoms with Crippen molar-refractivity contribution >= 4 is 23.4 Å². The summed E-state index contributed by atoms with van der Waals surface area (Å²) in [5.74, 6) is -1.08. The van der Waals surface area contributed by atoms with Crippen LogP contribution in [-0.4, -0.2) is 35.7 Å². The molecule has 1 aromatic carbocycles. The van der Waals surface area contributed by atoms with Crippen molar-refractivity contribution < 1.29 is 14.4 Å². The number of carbonyl (C=O) groups is 3. The van der Waals surface area contributed by atoms with Crippen molar-refractivity contribution in [2.75, 3.05) is 18.0 Å². The summed E-state index contributed by atoms with van der Waals surface area (Å²) in [4.78, 5) is 38.9. The Labute approximate surface area is 128 Å². The molecule has 0 bridgehead atoms. The molecule has 0 saturated carbocycles. The summed E-state index contributed by atoms with van der Waals surface area (Å²) in [7, 11) is 0. The zero-order chi connectivity index (χ0) is 15.7. The number of imide groups is 1. The second-order valence-corrected chi connectivity index (χ2v) is 5.51. The first-order valence-corrected chi connectivity index (χ1v) is 7.27. The number of benzene rings is 1. The number of nitrogens with zero attached hydrogens (tertiary/aromatic N) is 2. The third-order valence-corrected chi connectivity index (χ3v) is 4.16. The smallest absolute Gasteiger partial charge is 0.281 e. The number of anilines is 1. The molecule has 1 fully saturated rings. The molecule has 3 rings (SSSR count). The predicted molar refractivity (Wildman–Crippen MR) is 80.5 cm³/mol. The van der Waals surface area contributed by atoms with Crippen LogP contribution in [0.1, 0.15) is 12.8 Å². The summed E-state index contributed by atoms with van der Waals surface area (Å²) in [5.41, 5.74) is 6.28. The highest BCUT2D eigenvalue weighted by Gasteiger charge is 2.36. The largest absolute Gasteiger partial charge is 0.369 e. The fourth-order valence-corrected chi connectivity index (χ4v) is 2.91. The van der Waals surface area contributed by atoms with Gasteiger partial charge in [0.15, 0.2) is 0 Å². The highest BCUT2D eigenvalue weighted by atomic mass is 16.2. The average Bonchev–Trinajstić information content (AvgIpc) is 2.83. The number of primary amides is 1. The van der Waals surface area contributed by atoms with Crippen molar-refractivity contribution in [2.45, 2.75) is 12.8 Å². The van der Waals surface area contributed by atoms with E-state index in [1.807, 2.05) is 11.0 Å². The minimum Gasteiger partial charge on any atom is -0.369 e. The molecule has 3 amide bonds. The number of hydrogen-bond acceptors (Lipinski definition) is 4. The maximum absolute atomic E-state index is 12.5. The second-order valence-electron chi connectivity index (χ2n) is 5.51. The van der Waals surface area contributed by atoms with Crippen molar-refractivity contribution in [1.29, 1.82) is 0 Å². The average molecular weight is 299 g/mol. The number of nitrogens with two attached hydrogens (primary N) is 1. The molecule has 2 aliphatic rings. The third-order valence-electron chi connectivity index (χ3n) is 4.16. The van der Waals surface area contributed by atoms with Crippen LogP contribution < -0.4 is 10.6 Å².